The molecule has 1 N–H and O–H groups in total. The first kappa shape index (κ1) is 14.2. The van der Waals surface area contributed by atoms with Crippen molar-refractivity contribution < 1.29 is 9.90 Å². The minimum atomic E-state index is -0.896. The molecular formula is C13H18BrNO2. The van der Waals surface area contributed by atoms with Gasteiger partial charge in [0.05, 0.1) is 5.56 Å². The summed E-state index contributed by atoms with van der Waals surface area (Å²) in [5.41, 5.74) is 1.42. The van der Waals surface area contributed by atoms with Crippen molar-refractivity contribution in [3.8, 4) is 0 Å². The van der Waals surface area contributed by atoms with Crippen LogP contribution in [0.2, 0.25) is 0 Å². The van der Waals surface area contributed by atoms with Crippen molar-refractivity contribution in [2.45, 2.75) is 32.9 Å². The van der Waals surface area contributed by atoms with Gasteiger partial charge in [0, 0.05) is 17.1 Å². The fourth-order valence-corrected chi connectivity index (χ4v) is 2.05. The Labute approximate surface area is 111 Å². The summed E-state index contributed by atoms with van der Waals surface area (Å²) in [6.07, 6.45) is 1.10. The molecular weight excluding hydrogens is 282 g/mol. The van der Waals surface area contributed by atoms with Crippen molar-refractivity contribution in [3.63, 3.8) is 0 Å². The SMILES string of the molecule is CCC(C)N(C)Cc1ccc(C(=O)O)cc1Br. The van der Waals surface area contributed by atoms with Gasteiger partial charge in [-0.1, -0.05) is 28.9 Å². The molecule has 0 aliphatic carbocycles. The molecule has 1 unspecified atom stereocenters. The van der Waals surface area contributed by atoms with E-state index in [2.05, 4.69) is 41.7 Å². The molecule has 0 bridgehead atoms. The van der Waals surface area contributed by atoms with Crippen molar-refractivity contribution in [2.24, 2.45) is 0 Å². The van der Waals surface area contributed by atoms with Crippen LogP contribution in [0.5, 0.6) is 0 Å². The van der Waals surface area contributed by atoms with Crippen LogP contribution in [0.1, 0.15) is 36.2 Å². The van der Waals surface area contributed by atoms with Crippen molar-refractivity contribution in [3.05, 3.63) is 33.8 Å². The van der Waals surface area contributed by atoms with Gasteiger partial charge in [0.1, 0.15) is 0 Å². The predicted octanol–water partition coefficient (Wildman–Crippen LogP) is 3.38. The summed E-state index contributed by atoms with van der Waals surface area (Å²) in [6.45, 7) is 5.15. The highest BCUT2D eigenvalue weighted by atomic mass is 79.9. The predicted molar refractivity (Wildman–Crippen MR) is 72.3 cm³/mol. The van der Waals surface area contributed by atoms with Crippen LogP contribution in [0, 0.1) is 0 Å². The summed E-state index contributed by atoms with van der Waals surface area (Å²) in [6, 6.07) is 5.68. The highest BCUT2D eigenvalue weighted by molar-refractivity contribution is 9.10. The van der Waals surface area contributed by atoms with Crippen molar-refractivity contribution in [2.75, 3.05) is 7.05 Å². The number of rotatable bonds is 5. The number of carboxylic acid groups (broad SMARTS) is 1. The number of halogens is 1. The van der Waals surface area contributed by atoms with E-state index < -0.39 is 5.97 Å². The van der Waals surface area contributed by atoms with Gasteiger partial charge in [-0.25, -0.2) is 4.79 Å². The van der Waals surface area contributed by atoms with Gasteiger partial charge in [0.2, 0.25) is 0 Å². The van der Waals surface area contributed by atoms with Gasteiger partial charge in [0.25, 0.3) is 0 Å². The van der Waals surface area contributed by atoms with E-state index in [9.17, 15) is 4.79 Å². The van der Waals surface area contributed by atoms with Crippen LogP contribution >= 0.6 is 15.9 Å². The molecule has 0 saturated heterocycles. The Morgan fingerprint density at radius 1 is 1.53 bits per heavy atom. The highest BCUT2D eigenvalue weighted by Gasteiger charge is 2.11. The zero-order chi connectivity index (χ0) is 13.0. The quantitative estimate of drug-likeness (QED) is 0.906. The summed E-state index contributed by atoms with van der Waals surface area (Å²) in [5.74, 6) is -0.896. The number of aromatic carboxylic acids is 1. The maximum Gasteiger partial charge on any atom is 0.335 e. The molecule has 1 atom stereocenters. The van der Waals surface area contributed by atoms with Gasteiger partial charge in [-0.3, -0.25) is 4.90 Å². The monoisotopic (exact) mass is 299 g/mol. The number of carboxylic acids is 1. The van der Waals surface area contributed by atoms with Crippen LogP contribution in [0.4, 0.5) is 0 Å². The number of nitrogens with zero attached hydrogens (tertiary/aromatic N) is 1. The summed E-state index contributed by atoms with van der Waals surface area (Å²) in [4.78, 5) is 13.1. The first-order valence-corrected chi connectivity index (χ1v) is 6.47. The Morgan fingerprint density at radius 2 is 2.18 bits per heavy atom. The molecule has 1 aromatic carbocycles. The lowest BCUT2D eigenvalue weighted by Gasteiger charge is -2.24. The summed E-state index contributed by atoms with van der Waals surface area (Å²) >= 11 is 3.42. The van der Waals surface area contributed by atoms with Gasteiger partial charge in [-0.05, 0) is 38.1 Å². The zero-order valence-electron chi connectivity index (χ0n) is 10.4. The van der Waals surface area contributed by atoms with Crippen LogP contribution in [-0.4, -0.2) is 29.1 Å². The summed E-state index contributed by atoms with van der Waals surface area (Å²) < 4.78 is 0.854. The maximum atomic E-state index is 10.8. The van der Waals surface area contributed by atoms with E-state index in [1.54, 1.807) is 12.1 Å². The van der Waals surface area contributed by atoms with E-state index in [1.165, 1.54) is 0 Å². The average Bonchev–Trinajstić information content (AvgIpc) is 2.30. The zero-order valence-corrected chi connectivity index (χ0v) is 12.0. The second kappa shape index (κ2) is 6.17. The van der Waals surface area contributed by atoms with Crippen LogP contribution in [0.3, 0.4) is 0 Å². The number of hydrogen-bond donors (Lipinski definition) is 1. The van der Waals surface area contributed by atoms with Crippen LogP contribution in [0.15, 0.2) is 22.7 Å². The average molecular weight is 300 g/mol. The lowest BCUT2D eigenvalue weighted by molar-refractivity contribution is 0.0697. The van der Waals surface area contributed by atoms with E-state index >= 15 is 0 Å². The fraction of sp³-hybridized carbons (Fsp3) is 0.462. The maximum absolute atomic E-state index is 10.8. The Hall–Kier alpha value is -0.870. The third-order valence-corrected chi connectivity index (χ3v) is 3.80. The van der Waals surface area contributed by atoms with Gasteiger partial charge in [-0.15, -0.1) is 0 Å². The lowest BCUT2D eigenvalue weighted by Crippen LogP contribution is -2.27. The van der Waals surface area contributed by atoms with Gasteiger partial charge in [-0.2, -0.15) is 0 Å². The number of hydrogen-bond acceptors (Lipinski definition) is 2. The lowest BCUT2D eigenvalue weighted by atomic mass is 10.1. The smallest absolute Gasteiger partial charge is 0.335 e. The molecule has 0 aliphatic heterocycles. The normalized spacial score (nSPS) is 12.8. The Balaban J connectivity index is 2.82. The molecule has 0 amide bonds. The molecule has 0 fully saturated rings. The van der Waals surface area contributed by atoms with Crippen LogP contribution in [-0.2, 0) is 6.54 Å². The van der Waals surface area contributed by atoms with E-state index in [1.807, 2.05) is 6.07 Å². The molecule has 1 aromatic rings. The standard InChI is InChI=1S/C13H18BrNO2/c1-4-9(2)15(3)8-11-6-5-10(13(16)17)7-12(11)14/h5-7,9H,4,8H2,1-3H3,(H,16,17). The third kappa shape index (κ3) is 3.82. The van der Waals surface area contributed by atoms with E-state index in [0.29, 0.717) is 11.6 Å². The Bertz CT molecular complexity index is 406. The summed E-state index contributed by atoms with van der Waals surface area (Å²) in [5, 5.41) is 8.88. The second-order valence-electron chi connectivity index (χ2n) is 4.28. The molecule has 3 nitrogen and oxygen atoms in total. The van der Waals surface area contributed by atoms with E-state index in [-0.39, 0.29) is 0 Å². The molecule has 94 valence electrons. The van der Waals surface area contributed by atoms with Crippen LogP contribution < -0.4 is 0 Å². The third-order valence-electron chi connectivity index (χ3n) is 3.06. The first-order valence-electron chi connectivity index (χ1n) is 5.67. The van der Waals surface area contributed by atoms with Gasteiger partial charge >= 0.3 is 5.97 Å². The van der Waals surface area contributed by atoms with Crippen LogP contribution in [0.25, 0.3) is 0 Å². The molecule has 0 spiro atoms. The molecule has 17 heavy (non-hydrogen) atoms. The Morgan fingerprint density at radius 3 is 2.65 bits per heavy atom. The molecule has 0 radical (unpaired) electrons. The highest BCUT2D eigenvalue weighted by Crippen LogP contribution is 2.21. The topological polar surface area (TPSA) is 40.5 Å². The molecule has 0 saturated carbocycles. The van der Waals surface area contributed by atoms with E-state index in [4.69, 9.17) is 5.11 Å². The summed E-state index contributed by atoms with van der Waals surface area (Å²) in [7, 11) is 2.08. The Kier molecular flexibility index (Phi) is 5.15. The number of carbonyl (C=O) groups is 1. The minimum Gasteiger partial charge on any atom is -0.478 e. The first-order chi connectivity index (χ1) is 7.95. The molecule has 1 rings (SSSR count). The molecule has 0 aliphatic rings. The molecule has 4 heteroatoms. The fourth-order valence-electron chi connectivity index (χ4n) is 1.54. The molecule has 0 aromatic heterocycles. The van der Waals surface area contributed by atoms with Gasteiger partial charge in [0.15, 0.2) is 0 Å². The van der Waals surface area contributed by atoms with Gasteiger partial charge < -0.3 is 5.11 Å². The minimum absolute atomic E-state index is 0.312. The van der Waals surface area contributed by atoms with Crippen molar-refractivity contribution >= 4 is 21.9 Å². The van der Waals surface area contributed by atoms with E-state index in [0.717, 1.165) is 23.0 Å². The number of benzene rings is 1. The largest absolute Gasteiger partial charge is 0.478 e. The second-order valence-corrected chi connectivity index (χ2v) is 5.14. The molecule has 0 heterocycles. The van der Waals surface area contributed by atoms with Crippen molar-refractivity contribution in [1.29, 1.82) is 0 Å². The van der Waals surface area contributed by atoms with Crippen molar-refractivity contribution in [1.82, 2.24) is 4.90 Å².